The lowest BCUT2D eigenvalue weighted by Gasteiger charge is -2.22. The fourth-order valence-corrected chi connectivity index (χ4v) is 4.64. The molecule has 1 amide bonds. The second-order valence-corrected chi connectivity index (χ2v) is 10.2. The van der Waals surface area contributed by atoms with Crippen molar-refractivity contribution in [3.05, 3.63) is 29.3 Å². The number of halogens is 3. The van der Waals surface area contributed by atoms with Gasteiger partial charge in [0, 0.05) is 28.0 Å². The molecule has 0 aliphatic heterocycles. The second kappa shape index (κ2) is 14.4. The lowest BCUT2D eigenvalue weighted by Crippen LogP contribution is -2.40. The second-order valence-electron chi connectivity index (χ2n) is 8.52. The maximum atomic E-state index is 13.1. The molecule has 9 heteroatoms. The van der Waals surface area contributed by atoms with Crippen LogP contribution in [0.5, 0.6) is 0 Å². The summed E-state index contributed by atoms with van der Waals surface area (Å²) in [4.78, 5) is 12.4. The van der Waals surface area contributed by atoms with Gasteiger partial charge in [-0.3, -0.25) is 9.00 Å². The maximum Gasteiger partial charge on any atom is 0.417 e. The number of nitriles is 1. The Hall–Kier alpha value is -1.92. The van der Waals surface area contributed by atoms with Gasteiger partial charge < -0.3 is 10.4 Å². The third kappa shape index (κ3) is 11.2. The third-order valence-corrected chi connectivity index (χ3v) is 6.94. The minimum atomic E-state index is -4.72. The Morgan fingerprint density at radius 2 is 1.64 bits per heavy atom. The summed E-state index contributed by atoms with van der Waals surface area (Å²) in [6.07, 6.45) is 4.00. The third-order valence-electron chi connectivity index (χ3n) is 5.45. The van der Waals surface area contributed by atoms with Crippen molar-refractivity contribution in [1.29, 1.82) is 5.26 Å². The van der Waals surface area contributed by atoms with E-state index in [1.807, 2.05) is 0 Å². The van der Waals surface area contributed by atoms with Crippen LogP contribution in [0.4, 0.5) is 18.9 Å². The van der Waals surface area contributed by atoms with Crippen molar-refractivity contribution in [2.24, 2.45) is 0 Å². The summed E-state index contributed by atoms with van der Waals surface area (Å²) in [7, 11) is -0.729. The predicted molar refractivity (Wildman–Crippen MR) is 125 cm³/mol. The summed E-state index contributed by atoms with van der Waals surface area (Å²) in [5.41, 5.74) is -3.51. The highest BCUT2D eigenvalue weighted by molar-refractivity contribution is 7.84. The highest BCUT2D eigenvalue weighted by atomic mass is 32.2. The smallest absolute Gasteiger partial charge is 0.380 e. The monoisotopic (exact) mass is 488 g/mol. The van der Waals surface area contributed by atoms with Crippen molar-refractivity contribution in [2.75, 3.05) is 16.8 Å². The Morgan fingerprint density at radius 1 is 1.06 bits per heavy atom. The molecule has 2 unspecified atom stereocenters. The number of hydrogen-bond acceptors (Lipinski definition) is 4. The first-order valence-electron chi connectivity index (χ1n) is 11.5. The molecule has 2 N–H and O–H groups in total. The highest BCUT2D eigenvalue weighted by Crippen LogP contribution is 2.33. The van der Waals surface area contributed by atoms with Gasteiger partial charge in [-0.05, 0) is 44.4 Å². The molecule has 0 aromatic heterocycles. The van der Waals surface area contributed by atoms with E-state index in [2.05, 4.69) is 12.2 Å². The number of amides is 1. The van der Waals surface area contributed by atoms with E-state index in [0.717, 1.165) is 68.9 Å². The molecule has 33 heavy (non-hydrogen) atoms. The molecule has 2 atom stereocenters. The van der Waals surface area contributed by atoms with E-state index in [0.29, 0.717) is 12.5 Å². The highest BCUT2D eigenvalue weighted by Gasteiger charge is 2.35. The molecular weight excluding hydrogens is 453 g/mol. The molecule has 0 aliphatic carbocycles. The number of rotatable bonds is 15. The van der Waals surface area contributed by atoms with Crippen molar-refractivity contribution in [2.45, 2.75) is 89.8 Å². The number of carbonyl (C=O) groups is 1. The largest absolute Gasteiger partial charge is 0.417 e. The Bertz CT molecular complexity index is 820. The van der Waals surface area contributed by atoms with Crippen LogP contribution in [0.15, 0.2) is 18.2 Å². The Labute approximate surface area is 197 Å². The molecule has 0 heterocycles. The first-order chi connectivity index (χ1) is 15.5. The summed E-state index contributed by atoms with van der Waals surface area (Å²) >= 11 is 0. The van der Waals surface area contributed by atoms with Crippen LogP contribution in [0.1, 0.15) is 89.2 Å². The summed E-state index contributed by atoms with van der Waals surface area (Å²) in [6, 6.07) is 4.38. The average molecular weight is 489 g/mol. The number of nitrogens with one attached hydrogen (secondary N) is 1. The summed E-state index contributed by atoms with van der Waals surface area (Å²) in [5, 5.41) is 21.6. The normalized spacial score (nSPS) is 14.3. The summed E-state index contributed by atoms with van der Waals surface area (Å²) in [5.74, 6) is 0.737. The SMILES string of the molecule is CCCCCS(=O)CCCCCCCCC(C)(O)C(=O)Nc1ccc(C#N)c(C(F)(F)F)c1. The van der Waals surface area contributed by atoms with E-state index in [1.165, 1.54) is 19.1 Å². The van der Waals surface area contributed by atoms with Gasteiger partial charge in [-0.15, -0.1) is 0 Å². The van der Waals surface area contributed by atoms with Crippen LogP contribution >= 0.6 is 0 Å². The number of unbranched alkanes of at least 4 members (excludes halogenated alkanes) is 7. The zero-order chi connectivity index (χ0) is 24.9. The molecule has 1 rings (SSSR count). The van der Waals surface area contributed by atoms with E-state index in [9.17, 15) is 27.3 Å². The van der Waals surface area contributed by atoms with Gasteiger partial charge in [-0.2, -0.15) is 18.4 Å². The van der Waals surface area contributed by atoms with Gasteiger partial charge >= 0.3 is 6.18 Å². The minimum absolute atomic E-state index is 0.126. The molecule has 1 aromatic rings. The van der Waals surface area contributed by atoms with Gasteiger partial charge in [-0.1, -0.05) is 51.9 Å². The molecule has 0 fully saturated rings. The fraction of sp³-hybridized carbons (Fsp3) is 0.667. The van der Waals surface area contributed by atoms with Crippen molar-refractivity contribution in [1.82, 2.24) is 0 Å². The number of hydrogen-bond donors (Lipinski definition) is 2. The van der Waals surface area contributed by atoms with Crippen LogP contribution < -0.4 is 5.32 Å². The first-order valence-corrected chi connectivity index (χ1v) is 13.0. The van der Waals surface area contributed by atoms with Gasteiger partial charge in [0.2, 0.25) is 0 Å². The van der Waals surface area contributed by atoms with E-state index in [4.69, 9.17) is 5.26 Å². The van der Waals surface area contributed by atoms with E-state index < -0.39 is 39.6 Å². The number of anilines is 1. The molecule has 0 saturated heterocycles. The van der Waals surface area contributed by atoms with Crippen LogP contribution in [0.2, 0.25) is 0 Å². The van der Waals surface area contributed by atoms with Crippen molar-refractivity contribution >= 4 is 22.4 Å². The van der Waals surface area contributed by atoms with E-state index >= 15 is 0 Å². The van der Waals surface area contributed by atoms with Gasteiger partial charge in [0.1, 0.15) is 5.60 Å². The van der Waals surface area contributed by atoms with Crippen LogP contribution in [-0.2, 0) is 21.8 Å². The molecule has 0 saturated carbocycles. The quantitative estimate of drug-likeness (QED) is 0.299. The number of benzene rings is 1. The topological polar surface area (TPSA) is 90.2 Å². The van der Waals surface area contributed by atoms with Crippen LogP contribution in [-0.4, -0.2) is 32.3 Å². The zero-order valence-corrected chi connectivity index (χ0v) is 20.3. The summed E-state index contributed by atoms with van der Waals surface area (Å²) < 4.78 is 51.1. The van der Waals surface area contributed by atoms with Crippen LogP contribution in [0.3, 0.4) is 0 Å². The lowest BCUT2D eigenvalue weighted by molar-refractivity contribution is -0.138. The predicted octanol–water partition coefficient (Wildman–Crippen LogP) is 5.94. The Balaban J connectivity index is 2.35. The summed E-state index contributed by atoms with van der Waals surface area (Å²) in [6.45, 7) is 3.46. The van der Waals surface area contributed by atoms with Gasteiger partial charge in [0.15, 0.2) is 0 Å². The molecule has 1 aromatic carbocycles. The van der Waals surface area contributed by atoms with E-state index in [1.54, 1.807) is 0 Å². The Kier molecular flexibility index (Phi) is 12.7. The molecule has 0 bridgehead atoms. The number of aliphatic hydroxyl groups is 1. The molecular formula is C24H35F3N2O3S. The van der Waals surface area contributed by atoms with Gasteiger partial charge in [0.05, 0.1) is 17.2 Å². The van der Waals surface area contributed by atoms with Crippen molar-refractivity contribution in [3.8, 4) is 6.07 Å². The van der Waals surface area contributed by atoms with Gasteiger partial charge in [0.25, 0.3) is 5.91 Å². The number of carbonyl (C=O) groups excluding carboxylic acids is 1. The van der Waals surface area contributed by atoms with Crippen LogP contribution in [0.25, 0.3) is 0 Å². The Morgan fingerprint density at radius 3 is 2.21 bits per heavy atom. The average Bonchev–Trinajstić information content (AvgIpc) is 2.75. The van der Waals surface area contributed by atoms with Crippen molar-refractivity contribution < 1.29 is 27.3 Å². The molecule has 186 valence electrons. The van der Waals surface area contributed by atoms with Crippen molar-refractivity contribution in [3.63, 3.8) is 0 Å². The molecule has 0 aliphatic rings. The zero-order valence-electron chi connectivity index (χ0n) is 19.5. The molecule has 0 spiro atoms. The number of alkyl halides is 3. The maximum absolute atomic E-state index is 13.1. The minimum Gasteiger partial charge on any atom is -0.380 e. The molecule has 0 radical (unpaired) electrons. The fourth-order valence-electron chi connectivity index (χ4n) is 3.39. The standard InChI is InChI=1S/C24H35F3N2O3S/c1-3-4-10-15-33(32)16-11-8-6-5-7-9-14-23(2,31)22(30)29-20-13-12-19(18-28)21(17-20)24(25,26)27/h12-13,17,31H,3-11,14-16H2,1-2H3,(H,29,30). The molecule has 5 nitrogen and oxygen atoms in total. The first kappa shape index (κ1) is 29.1. The lowest BCUT2D eigenvalue weighted by atomic mass is 9.96. The van der Waals surface area contributed by atoms with Crippen LogP contribution in [0, 0.1) is 11.3 Å². The van der Waals surface area contributed by atoms with E-state index in [-0.39, 0.29) is 12.1 Å². The number of nitrogens with zero attached hydrogens (tertiary/aromatic N) is 1. The van der Waals surface area contributed by atoms with Gasteiger partial charge in [-0.25, -0.2) is 0 Å².